The van der Waals surface area contributed by atoms with Crippen LogP contribution in [0, 0.1) is 11.7 Å². The summed E-state index contributed by atoms with van der Waals surface area (Å²) in [5, 5.41) is 12.7. The number of alkyl halides is 3. The molecule has 2 aromatic rings. The van der Waals surface area contributed by atoms with Crippen molar-refractivity contribution in [3.8, 4) is 0 Å². The summed E-state index contributed by atoms with van der Waals surface area (Å²) in [6.45, 7) is -0.183. The van der Waals surface area contributed by atoms with E-state index in [9.17, 15) is 35.9 Å². The fourth-order valence-electron chi connectivity index (χ4n) is 3.51. The predicted octanol–water partition coefficient (Wildman–Crippen LogP) is 3.10. The highest BCUT2D eigenvalue weighted by Crippen LogP contribution is 2.32. The van der Waals surface area contributed by atoms with E-state index in [1.807, 2.05) is 0 Å². The van der Waals surface area contributed by atoms with Gasteiger partial charge in [0, 0.05) is 25.6 Å². The minimum atomic E-state index is -4.66. The molecule has 1 saturated heterocycles. The van der Waals surface area contributed by atoms with Gasteiger partial charge in [0.2, 0.25) is 15.9 Å². The van der Waals surface area contributed by atoms with Crippen LogP contribution in [0.2, 0.25) is 0 Å². The Bertz CT molecular complexity index is 1070. The normalized spacial score (nSPS) is 17.2. The predicted molar refractivity (Wildman–Crippen MR) is 107 cm³/mol. The number of sulfonamides is 1. The molecule has 11 heteroatoms. The van der Waals surface area contributed by atoms with Gasteiger partial charge in [0.1, 0.15) is 5.82 Å². The van der Waals surface area contributed by atoms with Crippen LogP contribution >= 0.6 is 0 Å². The average molecular weight is 474 g/mol. The number of aliphatic hydroxyl groups excluding tert-OH is 1. The van der Waals surface area contributed by atoms with Gasteiger partial charge in [-0.3, -0.25) is 4.79 Å². The number of piperidine rings is 1. The Balaban J connectivity index is 1.57. The van der Waals surface area contributed by atoms with Crippen molar-refractivity contribution in [2.45, 2.75) is 30.0 Å². The van der Waals surface area contributed by atoms with Gasteiger partial charge in [-0.05, 0) is 48.7 Å². The standard InChI is InChI=1S/C21H22F4N2O4S/c22-17-5-1-3-15(11-17)19(28)13-26-20(29)14-7-9-27(10-8-14)32(30,31)18-6-2-4-16(12-18)21(23,24)25/h1-6,11-12,14,19,28H,7-10,13H2,(H,26,29). The number of hydrogen-bond acceptors (Lipinski definition) is 4. The second-order valence-corrected chi connectivity index (χ2v) is 9.46. The highest BCUT2D eigenvalue weighted by molar-refractivity contribution is 7.89. The van der Waals surface area contributed by atoms with Crippen LogP contribution in [-0.2, 0) is 21.0 Å². The first-order valence-corrected chi connectivity index (χ1v) is 11.3. The van der Waals surface area contributed by atoms with E-state index in [1.54, 1.807) is 0 Å². The molecule has 0 aliphatic carbocycles. The largest absolute Gasteiger partial charge is 0.416 e. The van der Waals surface area contributed by atoms with Crippen LogP contribution < -0.4 is 5.32 Å². The first kappa shape index (κ1) is 24.1. The van der Waals surface area contributed by atoms with Gasteiger partial charge in [0.15, 0.2) is 0 Å². The van der Waals surface area contributed by atoms with Crippen molar-refractivity contribution in [3.63, 3.8) is 0 Å². The number of amides is 1. The molecule has 1 fully saturated rings. The first-order chi connectivity index (χ1) is 15.0. The molecule has 32 heavy (non-hydrogen) atoms. The zero-order chi connectivity index (χ0) is 23.5. The molecule has 6 nitrogen and oxygen atoms in total. The lowest BCUT2D eigenvalue weighted by atomic mass is 9.97. The summed E-state index contributed by atoms with van der Waals surface area (Å²) in [4.78, 5) is 11.9. The van der Waals surface area contributed by atoms with E-state index in [-0.39, 0.29) is 38.4 Å². The van der Waals surface area contributed by atoms with Crippen LogP contribution in [0.3, 0.4) is 0 Å². The molecule has 1 amide bonds. The third-order valence-electron chi connectivity index (χ3n) is 5.33. The van der Waals surface area contributed by atoms with Gasteiger partial charge in [0.25, 0.3) is 0 Å². The van der Waals surface area contributed by atoms with Crippen molar-refractivity contribution in [1.29, 1.82) is 0 Å². The Morgan fingerprint density at radius 3 is 2.41 bits per heavy atom. The number of benzene rings is 2. The van der Waals surface area contributed by atoms with Crippen molar-refractivity contribution in [2.75, 3.05) is 19.6 Å². The van der Waals surface area contributed by atoms with Crippen molar-refractivity contribution in [3.05, 3.63) is 65.5 Å². The van der Waals surface area contributed by atoms with E-state index < -0.39 is 44.5 Å². The average Bonchev–Trinajstić information content (AvgIpc) is 2.77. The van der Waals surface area contributed by atoms with Gasteiger partial charge < -0.3 is 10.4 Å². The van der Waals surface area contributed by atoms with E-state index in [0.717, 1.165) is 28.6 Å². The SMILES string of the molecule is O=C(NCC(O)c1cccc(F)c1)C1CCN(S(=O)(=O)c2cccc(C(F)(F)F)c2)CC1. The minimum absolute atomic E-state index is 0.0247. The second-order valence-electron chi connectivity index (χ2n) is 7.52. The Hall–Kier alpha value is -2.50. The molecule has 1 aliphatic heterocycles. The lowest BCUT2D eigenvalue weighted by molar-refractivity contribution is -0.137. The van der Waals surface area contributed by atoms with Crippen molar-refractivity contribution in [1.82, 2.24) is 9.62 Å². The number of halogens is 4. The number of nitrogens with one attached hydrogen (secondary N) is 1. The van der Waals surface area contributed by atoms with Gasteiger partial charge in [-0.1, -0.05) is 18.2 Å². The second kappa shape index (κ2) is 9.55. The Morgan fingerprint density at radius 1 is 1.12 bits per heavy atom. The molecule has 2 N–H and O–H groups in total. The third kappa shape index (κ3) is 5.64. The maximum absolute atomic E-state index is 13.2. The van der Waals surface area contributed by atoms with Gasteiger partial charge in [-0.2, -0.15) is 17.5 Å². The van der Waals surface area contributed by atoms with Crippen LogP contribution in [0.1, 0.15) is 30.1 Å². The smallest absolute Gasteiger partial charge is 0.387 e. The van der Waals surface area contributed by atoms with Gasteiger partial charge in [-0.25, -0.2) is 12.8 Å². The molecule has 2 aromatic carbocycles. The molecular formula is C21H22F4N2O4S. The summed E-state index contributed by atoms with van der Waals surface area (Å²) in [5.41, 5.74) is -0.739. The monoisotopic (exact) mass is 474 g/mol. The molecule has 0 aromatic heterocycles. The lowest BCUT2D eigenvalue weighted by Crippen LogP contribution is -2.43. The molecule has 1 heterocycles. The van der Waals surface area contributed by atoms with Crippen LogP contribution in [0.4, 0.5) is 17.6 Å². The summed E-state index contributed by atoms with van der Waals surface area (Å²) in [5.74, 6) is -1.40. The van der Waals surface area contributed by atoms with Gasteiger partial charge >= 0.3 is 6.18 Å². The third-order valence-corrected chi connectivity index (χ3v) is 7.22. The van der Waals surface area contributed by atoms with Crippen LogP contribution in [0.25, 0.3) is 0 Å². The molecule has 1 atom stereocenters. The number of carbonyl (C=O) groups is 1. The quantitative estimate of drug-likeness (QED) is 0.630. The molecule has 3 rings (SSSR count). The lowest BCUT2D eigenvalue weighted by Gasteiger charge is -2.30. The van der Waals surface area contributed by atoms with Crippen LogP contribution in [0.15, 0.2) is 53.4 Å². The summed E-state index contributed by atoms with van der Waals surface area (Å²) >= 11 is 0. The van der Waals surface area contributed by atoms with E-state index in [4.69, 9.17) is 0 Å². The zero-order valence-corrected chi connectivity index (χ0v) is 17.7. The maximum atomic E-state index is 13.2. The number of hydrogen-bond donors (Lipinski definition) is 2. The highest BCUT2D eigenvalue weighted by atomic mass is 32.2. The van der Waals surface area contributed by atoms with E-state index in [0.29, 0.717) is 11.6 Å². The van der Waals surface area contributed by atoms with Gasteiger partial charge in [-0.15, -0.1) is 0 Å². The van der Waals surface area contributed by atoms with Gasteiger partial charge in [0.05, 0.1) is 16.6 Å². The molecule has 0 spiro atoms. The fraction of sp³-hybridized carbons (Fsp3) is 0.381. The Morgan fingerprint density at radius 2 is 1.78 bits per heavy atom. The molecule has 174 valence electrons. The van der Waals surface area contributed by atoms with Crippen molar-refractivity contribution >= 4 is 15.9 Å². The summed E-state index contributed by atoms with van der Waals surface area (Å²) in [7, 11) is -4.13. The molecule has 1 aliphatic rings. The van der Waals surface area contributed by atoms with Crippen LogP contribution in [0.5, 0.6) is 0 Å². The van der Waals surface area contributed by atoms with E-state index in [2.05, 4.69) is 5.32 Å². The van der Waals surface area contributed by atoms with E-state index in [1.165, 1.54) is 18.2 Å². The molecule has 0 radical (unpaired) electrons. The molecule has 0 bridgehead atoms. The number of rotatable bonds is 6. The first-order valence-electron chi connectivity index (χ1n) is 9.87. The summed E-state index contributed by atoms with van der Waals surface area (Å²) < 4.78 is 78.5. The number of carbonyl (C=O) groups excluding carboxylic acids is 1. The fourth-order valence-corrected chi connectivity index (χ4v) is 5.03. The summed E-state index contributed by atoms with van der Waals surface area (Å²) in [6.07, 6.45) is -5.40. The number of nitrogens with zero attached hydrogens (tertiary/aromatic N) is 1. The van der Waals surface area contributed by atoms with Crippen molar-refractivity contribution < 1.29 is 35.9 Å². The van der Waals surface area contributed by atoms with Crippen LogP contribution in [-0.4, -0.2) is 43.4 Å². The molecule has 1 unspecified atom stereocenters. The Labute approximate surface area is 182 Å². The molecular weight excluding hydrogens is 452 g/mol. The van der Waals surface area contributed by atoms with E-state index >= 15 is 0 Å². The number of aliphatic hydroxyl groups is 1. The Kier molecular flexibility index (Phi) is 7.21. The topological polar surface area (TPSA) is 86.7 Å². The van der Waals surface area contributed by atoms with Crippen molar-refractivity contribution in [2.24, 2.45) is 5.92 Å². The summed E-state index contributed by atoms with van der Waals surface area (Å²) in [6, 6.07) is 8.91. The molecule has 0 saturated carbocycles. The highest BCUT2D eigenvalue weighted by Gasteiger charge is 2.35. The zero-order valence-electron chi connectivity index (χ0n) is 16.8. The maximum Gasteiger partial charge on any atom is 0.416 e. The minimum Gasteiger partial charge on any atom is -0.387 e.